The second kappa shape index (κ2) is 8.38. The Morgan fingerprint density at radius 2 is 1.80 bits per heavy atom. The van der Waals surface area contributed by atoms with Crippen molar-refractivity contribution in [2.24, 2.45) is 51.3 Å². The van der Waals surface area contributed by atoms with Crippen LogP contribution in [-0.4, -0.2) is 24.0 Å². The molecule has 30 heavy (non-hydrogen) atoms. The van der Waals surface area contributed by atoms with Gasteiger partial charge in [0, 0.05) is 18.7 Å². The second-order valence-corrected chi connectivity index (χ2v) is 12.4. The Labute approximate surface area is 186 Å². The van der Waals surface area contributed by atoms with Crippen molar-refractivity contribution in [1.29, 1.82) is 0 Å². The minimum absolute atomic E-state index is 0.143. The molecular formula is C28H47NO. The average molecular weight is 414 g/mol. The Bertz CT molecular complexity index is 693. The predicted molar refractivity (Wildman–Crippen MR) is 128 cm³/mol. The van der Waals surface area contributed by atoms with E-state index in [2.05, 4.69) is 40.7 Å². The third-order valence-corrected chi connectivity index (χ3v) is 10.4. The number of aliphatic hydroxyl groups is 1. The first-order valence-electron chi connectivity index (χ1n) is 13.1. The first-order valence-corrected chi connectivity index (χ1v) is 13.1. The molecule has 0 aromatic heterocycles. The minimum atomic E-state index is -0.143. The maximum Gasteiger partial charge on any atom is 0.0578 e. The smallest absolute Gasteiger partial charge is 0.0578 e. The molecule has 0 bridgehead atoms. The molecule has 3 unspecified atom stereocenters. The van der Waals surface area contributed by atoms with E-state index in [-0.39, 0.29) is 6.10 Å². The normalized spacial score (nSPS) is 45.7. The van der Waals surface area contributed by atoms with Gasteiger partial charge < -0.3 is 5.11 Å². The zero-order chi connectivity index (χ0) is 21.7. The molecular weight excluding hydrogens is 366 g/mol. The predicted octanol–water partition coefficient (Wildman–Crippen LogP) is 7.07. The Morgan fingerprint density at radius 3 is 2.50 bits per heavy atom. The molecule has 0 heterocycles. The molecule has 0 amide bonds. The van der Waals surface area contributed by atoms with Crippen LogP contribution in [0.2, 0.25) is 0 Å². The summed E-state index contributed by atoms with van der Waals surface area (Å²) in [5, 5.41) is 10.3. The summed E-state index contributed by atoms with van der Waals surface area (Å²) in [6, 6.07) is 0. The van der Waals surface area contributed by atoms with E-state index in [0.717, 1.165) is 48.9 Å². The van der Waals surface area contributed by atoms with Gasteiger partial charge >= 0.3 is 0 Å². The van der Waals surface area contributed by atoms with Crippen molar-refractivity contribution < 1.29 is 5.11 Å². The van der Waals surface area contributed by atoms with Crippen LogP contribution in [0, 0.1) is 46.3 Å². The van der Waals surface area contributed by atoms with E-state index in [1.165, 1.54) is 56.2 Å². The second-order valence-electron chi connectivity index (χ2n) is 12.4. The van der Waals surface area contributed by atoms with Crippen LogP contribution in [0.25, 0.3) is 0 Å². The lowest BCUT2D eigenvalue weighted by Crippen LogP contribution is -2.53. The van der Waals surface area contributed by atoms with Gasteiger partial charge in [-0.05, 0) is 91.4 Å². The van der Waals surface area contributed by atoms with Gasteiger partial charge in [-0.1, -0.05) is 59.5 Å². The summed E-state index contributed by atoms with van der Waals surface area (Å²) in [6.45, 7) is 12.5. The van der Waals surface area contributed by atoms with Crippen LogP contribution in [-0.2, 0) is 0 Å². The van der Waals surface area contributed by atoms with Crippen molar-refractivity contribution in [2.45, 2.75) is 105 Å². The van der Waals surface area contributed by atoms with Crippen molar-refractivity contribution in [3.8, 4) is 0 Å². The van der Waals surface area contributed by atoms with Gasteiger partial charge in [0.2, 0.25) is 0 Å². The number of fused-ring (bicyclic) bond motifs is 5. The fraction of sp³-hybridized carbons (Fsp3) is 0.893. The lowest BCUT2D eigenvalue weighted by molar-refractivity contribution is -0.0301. The lowest BCUT2D eigenvalue weighted by Gasteiger charge is -2.58. The van der Waals surface area contributed by atoms with Gasteiger partial charge in [0.25, 0.3) is 0 Å². The molecule has 8 atom stereocenters. The molecule has 0 radical (unpaired) electrons. The number of allylic oxidation sites excluding steroid dienone is 1. The quantitative estimate of drug-likeness (QED) is 0.513. The molecule has 3 saturated carbocycles. The van der Waals surface area contributed by atoms with Crippen molar-refractivity contribution in [1.82, 2.24) is 0 Å². The summed E-state index contributed by atoms with van der Waals surface area (Å²) in [5.41, 5.74) is 3.65. The summed E-state index contributed by atoms with van der Waals surface area (Å²) in [6.07, 6.45) is 15.1. The van der Waals surface area contributed by atoms with Gasteiger partial charge in [-0.3, -0.25) is 4.99 Å². The molecule has 4 rings (SSSR count). The van der Waals surface area contributed by atoms with Gasteiger partial charge in [0.1, 0.15) is 0 Å². The first-order chi connectivity index (χ1) is 14.2. The summed E-state index contributed by atoms with van der Waals surface area (Å²) < 4.78 is 0. The molecule has 0 aliphatic heterocycles. The lowest BCUT2D eigenvalue weighted by atomic mass is 9.46. The zero-order valence-electron chi connectivity index (χ0n) is 20.6. The highest BCUT2D eigenvalue weighted by molar-refractivity contribution is 5.99. The molecule has 0 aromatic rings. The number of aliphatic hydroxyl groups excluding tert-OH is 1. The van der Waals surface area contributed by atoms with E-state index >= 15 is 0 Å². The monoisotopic (exact) mass is 413 g/mol. The van der Waals surface area contributed by atoms with E-state index in [9.17, 15) is 5.11 Å². The molecule has 0 aromatic carbocycles. The fourth-order valence-corrected chi connectivity index (χ4v) is 8.64. The first kappa shape index (κ1) is 22.6. The van der Waals surface area contributed by atoms with Gasteiger partial charge in [-0.15, -0.1) is 0 Å². The molecule has 2 nitrogen and oxygen atoms in total. The Hall–Kier alpha value is -0.630. The Morgan fingerprint density at radius 1 is 1.03 bits per heavy atom. The summed E-state index contributed by atoms with van der Waals surface area (Å²) in [5.74, 6) is 4.75. The maximum atomic E-state index is 10.3. The molecule has 0 saturated heterocycles. The summed E-state index contributed by atoms with van der Waals surface area (Å²) in [7, 11) is 2.01. The number of rotatable bonds is 5. The Balaban J connectivity index is 1.58. The van der Waals surface area contributed by atoms with Gasteiger partial charge in [-0.2, -0.15) is 0 Å². The van der Waals surface area contributed by atoms with Gasteiger partial charge in [0.05, 0.1) is 6.10 Å². The SMILES string of the molecule is C/N=C1\C=C2C[C@@H](O)CC[C@]2(C)C2CC[C@@]3(C)C(CC[C@@H]3[C@H](C)CCCC(C)C)C12. The highest BCUT2D eigenvalue weighted by atomic mass is 16.3. The number of hydrogen-bond donors (Lipinski definition) is 1. The van der Waals surface area contributed by atoms with E-state index in [1.54, 1.807) is 0 Å². The largest absolute Gasteiger partial charge is 0.393 e. The fourth-order valence-electron chi connectivity index (χ4n) is 8.64. The molecule has 170 valence electrons. The van der Waals surface area contributed by atoms with E-state index in [1.807, 2.05) is 7.05 Å². The van der Waals surface area contributed by atoms with Crippen molar-refractivity contribution in [2.75, 3.05) is 7.05 Å². The van der Waals surface area contributed by atoms with Crippen LogP contribution in [0.15, 0.2) is 16.6 Å². The third kappa shape index (κ3) is 3.63. The van der Waals surface area contributed by atoms with E-state index < -0.39 is 0 Å². The highest BCUT2D eigenvalue weighted by Gasteiger charge is 2.60. The summed E-state index contributed by atoms with van der Waals surface area (Å²) in [4.78, 5) is 4.87. The number of hydrogen-bond acceptors (Lipinski definition) is 2. The number of nitrogens with zero attached hydrogens (tertiary/aromatic N) is 1. The zero-order valence-corrected chi connectivity index (χ0v) is 20.6. The molecule has 4 aliphatic rings. The standard InChI is InChI=1S/C28H47NO/c1-18(2)8-7-9-19(3)22-10-11-23-26-24(13-15-28(22,23)5)27(4)14-12-21(30)16-20(27)17-25(26)29-6/h17-19,21-24,26,30H,7-16H2,1-6H3/b29-25+/t19-,21+,22-,23?,24?,26?,27+,28-/m1/s1. The third-order valence-electron chi connectivity index (χ3n) is 10.4. The molecule has 1 N–H and O–H groups in total. The average Bonchev–Trinajstić information content (AvgIpc) is 3.05. The van der Waals surface area contributed by atoms with Crippen LogP contribution < -0.4 is 0 Å². The maximum absolute atomic E-state index is 10.3. The van der Waals surface area contributed by atoms with Crippen LogP contribution in [0.1, 0.15) is 98.8 Å². The molecule has 0 spiro atoms. The van der Waals surface area contributed by atoms with E-state index in [4.69, 9.17) is 4.99 Å². The van der Waals surface area contributed by atoms with Crippen molar-refractivity contribution >= 4 is 5.71 Å². The molecule has 3 fully saturated rings. The van der Waals surface area contributed by atoms with Crippen molar-refractivity contribution in [3.05, 3.63) is 11.6 Å². The van der Waals surface area contributed by atoms with Crippen LogP contribution >= 0.6 is 0 Å². The number of aliphatic imine (C=N–C) groups is 1. The molecule has 2 heteroatoms. The Kier molecular flexibility index (Phi) is 6.30. The topological polar surface area (TPSA) is 32.6 Å². The highest BCUT2D eigenvalue weighted by Crippen LogP contribution is 2.66. The summed E-state index contributed by atoms with van der Waals surface area (Å²) >= 11 is 0. The van der Waals surface area contributed by atoms with Crippen LogP contribution in [0.3, 0.4) is 0 Å². The van der Waals surface area contributed by atoms with Crippen LogP contribution in [0.4, 0.5) is 0 Å². The van der Waals surface area contributed by atoms with E-state index in [0.29, 0.717) is 16.7 Å². The minimum Gasteiger partial charge on any atom is -0.393 e. The molecule has 4 aliphatic carbocycles. The van der Waals surface area contributed by atoms with Crippen molar-refractivity contribution in [3.63, 3.8) is 0 Å². The van der Waals surface area contributed by atoms with Gasteiger partial charge in [-0.25, -0.2) is 0 Å². The van der Waals surface area contributed by atoms with Crippen LogP contribution in [0.5, 0.6) is 0 Å². The van der Waals surface area contributed by atoms with Gasteiger partial charge in [0.15, 0.2) is 0 Å².